The maximum absolute atomic E-state index is 12.4. The van der Waals surface area contributed by atoms with Gasteiger partial charge in [-0.1, -0.05) is 29.8 Å². The summed E-state index contributed by atoms with van der Waals surface area (Å²) < 4.78 is 10.6. The van der Waals surface area contributed by atoms with Crippen LogP contribution in [0.2, 0.25) is 5.02 Å². The first-order valence-corrected chi connectivity index (χ1v) is 9.29. The van der Waals surface area contributed by atoms with Gasteiger partial charge in [0.05, 0.1) is 12.8 Å². The number of esters is 1. The molecular weight excluding hydrogens is 366 g/mol. The molecule has 3 rings (SSSR count). The molecule has 0 amide bonds. The molecule has 0 radical (unpaired) electrons. The van der Waals surface area contributed by atoms with E-state index in [1.54, 1.807) is 6.07 Å². The van der Waals surface area contributed by atoms with Crippen molar-refractivity contribution in [2.24, 2.45) is 0 Å². The summed E-state index contributed by atoms with van der Waals surface area (Å²) in [6.45, 7) is 4.76. The van der Waals surface area contributed by atoms with Gasteiger partial charge < -0.3 is 20.1 Å². The van der Waals surface area contributed by atoms with Crippen LogP contribution >= 0.6 is 11.6 Å². The third-order valence-electron chi connectivity index (χ3n) is 4.64. The molecule has 1 fully saturated rings. The molecule has 2 aromatic carbocycles. The Kier molecular flexibility index (Phi) is 6.42. The van der Waals surface area contributed by atoms with Gasteiger partial charge in [-0.2, -0.15) is 0 Å². The van der Waals surface area contributed by atoms with E-state index in [4.69, 9.17) is 26.8 Å². The van der Waals surface area contributed by atoms with E-state index in [0.29, 0.717) is 29.6 Å². The van der Waals surface area contributed by atoms with E-state index in [1.807, 2.05) is 6.07 Å². The summed E-state index contributed by atoms with van der Waals surface area (Å²) in [6, 6.07) is 13.4. The second-order valence-electron chi connectivity index (χ2n) is 6.38. The lowest BCUT2D eigenvalue weighted by Gasteiger charge is -2.35. The van der Waals surface area contributed by atoms with Crippen LogP contribution in [-0.4, -0.2) is 57.3 Å². The standard InChI is InChI=1S/C20H24ClN3O3/c1-26-19-17(13-15(21)14-18(19)22)20(25)27-12-11-23-7-9-24(10-8-23)16-5-3-2-4-6-16/h2-6,13-14H,7-12,22H2,1H3. The SMILES string of the molecule is COc1c(N)cc(Cl)cc1C(=O)OCCN1CCN(c2ccccc2)CC1. The highest BCUT2D eigenvalue weighted by atomic mass is 35.5. The molecule has 2 N–H and O–H groups in total. The van der Waals surface area contributed by atoms with Crippen LogP contribution in [0.25, 0.3) is 0 Å². The van der Waals surface area contributed by atoms with Gasteiger partial charge in [-0.3, -0.25) is 4.90 Å². The van der Waals surface area contributed by atoms with E-state index < -0.39 is 5.97 Å². The molecule has 0 aromatic heterocycles. The highest BCUT2D eigenvalue weighted by Crippen LogP contribution is 2.30. The lowest BCUT2D eigenvalue weighted by Crippen LogP contribution is -2.47. The zero-order valence-electron chi connectivity index (χ0n) is 15.4. The molecule has 0 saturated carbocycles. The monoisotopic (exact) mass is 389 g/mol. The second kappa shape index (κ2) is 8.97. The summed E-state index contributed by atoms with van der Waals surface area (Å²) in [5.41, 5.74) is 7.65. The van der Waals surface area contributed by atoms with Gasteiger partial charge in [0.1, 0.15) is 12.2 Å². The van der Waals surface area contributed by atoms with Crippen LogP contribution in [-0.2, 0) is 4.74 Å². The van der Waals surface area contributed by atoms with E-state index in [-0.39, 0.29) is 5.56 Å². The number of piperazine rings is 1. The molecular formula is C20H24ClN3O3. The summed E-state index contributed by atoms with van der Waals surface area (Å²) in [6.07, 6.45) is 0. The lowest BCUT2D eigenvalue weighted by molar-refractivity contribution is 0.0455. The van der Waals surface area contributed by atoms with Crippen molar-refractivity contribution in [2.45, 2.75) is 0 Å². The number of methoxy groups -OCH3 is 1. The predicted molar refractivity (Wildman–Crippen MR) is 108 cm³/mol. The fraction of sp³-hybridized carbons (Fsp3) is 0.350. The third kappa shape index (κ3) is 4.84. The van der Waals surface area contributed by atoms with Gasteiger partial charge in [-0.25, -0.2) is 4.79 Å². The van der Waals surface area contributed by atoms with Gasteiger partial charge in [-0.05, 0) is 24.3 Å². The average molecular weight is 390 g/mol. The van der Waals surface area contributed by atoms with Crippen LogP contribution in [0.15, 0.2) is 42.5 Å². The minimum atomic E-state index is -0.482. The van der Waals surface area contributed by atoms with Crippen molar-refractivity contribution < 1.29 is 14.3 Å². The first-order valence-electron chi connectivity index (χ1n) is 8.91. The Morgan fingerprint density at radius 3 is 2.52 bits per heavy atom. The van der Waals surface area contributed by atoms with Crippen LogP contribution in [0.1, 0.15) is 10.4 Å². The fourth-order valence-electron chi connectivity index (χ4n) is 3.21. The van der Waals surface area contributed by atoms with E-state index in [0.717, 1.165) is 26.2 Å². The predicted octanol–water partition coefficient (Wildman–Crippen LogP) is 2.91. The molecule has 7 heteroatoms. The Morgan fingerprint density at radius 2 is 1.85 bits per heavy atom. The maximum Gasteiger partial charge on any atom is 0.342 e. The van der Waals surface area contributed by atoms with Crippen LogP contribution in [0, 0.1) is 0 Å². The zero-order chi connectivity index (χ0) is 19.2. The Hall–Kier alpha value is -2.44. The summed E-state index contributed by atoms with van der Waals surface area (Å²) >= 11 is 5.99. The Bertz CT molecular complexity index is 778. The van der Waals surface area contributed by atoms with Crippen molar-refractivity contribution in [1.82, 2.24) is 4.90 Å². The highest BCUT2D eigenvalue weighted by Gasteiger charge is 2.20. The van der Waals surface area contributed by atoms with Crippen molar-refractivity contribution in [3.05, 3.63) is 53.1 Å². The number of hydrogen-bond donors (Lipinski definition) is 1. The molecule has 0 atom stereocenters. The number of anilines is 2. The largest absolute Gasteiger partial charge is 0.494 e. The third-order valence-corrected chi connectivity index (χ3v) is 4.86. The zero-order valence-corrected chi connectivity index (χ0v) is 16.1. The minimum absolute atomic E-state index is 0.247. The van der Waals surface area contributed by atoms with E-state index in [1.165, 1.54) is 18.9 Å². The summed E-state index contributed by atoms with van der Waals surface area (Å²) in [4.78, 5) is 17.0. The van der Waals surface area contributed by atoms with Crippen LogP contribution in [0.4, 0.5) is 11.4 Å². The van der Waals surface area contributed by atoms with Crippen LogP contribution in [0.5, 0.6) is 5.75 Å². The summed E-state index contributed by atoms with van der Waals surface area (Å²) in [5, 5.41) is 0.372. The second-order valence-corrected chi connectivity index (χ2v) is 6.81. The van der Waals surface area contributed by atoms with E-state index >= 15 is 0 Å². The van der Waals surface area contributed by atoms with Crippen molar-refractivity contribution in [2.75, 3.05) is 57.1 Å². The molecule has 6 nitrogen and oxygen atoms in total. The number of nitrogen functional groups attached to an aromatic ring is 1. The molecule has 0 unspecified atom stereocenters. The number of hydrogen-bond acceptors (Lipinski definition) is 6. The topological polar surface area (TPSA) is 68.0 Å². The normalized spacial score (nSPS) is 14.8. The van der Waals surface area contributed by atoms with Gasteiger partial charge in [0.15, 0.2) is 5.75 Å². The first kappa shape index (κ1) is 19.3. The molecule has 2 aromatic rings. The maximum atomic E-state index is 12.4. The smallest absolute Gasteiger partial charge is 0.342 e. The number of nitrogens with two attached hydrogens (primary N) is 1. The number of halogens is 1. The van der Waals surface area contributed by atoms with Crippen molar-refractivity contribution in [3.63, 3.8) is 0 Å². The molecule has 1 aliphatic heterocycles. The molecule has 0 spiro atoms. The van der Waals surface area contributed by atoms with E-state index in [2.05, 4.69) is 34.1 Å². The summed E-state index contributed by atoms with van der Waals surface area (Å²) in [5.74, 6) is -0.190. The minimum Gasteiger partial charge on any atom is -0.494 e. The Morgan fingerprint density at radius 1 is 1.15 bits per heavy atom. The number of benzene rings is 2. The van der Waals surface area contributed by atoms with Gasteiger partial charge >= 0.3 is 5.97 Å². The molecule has 1 aliphatic rings. The van der Waals surface area contributed by atoms with Gasteiger partial charge in [-0.15, -0.1) is 0 Å². The lowest BCUT2D eigenvalue weighted by atomic mass is 10.1. The van der Waals surface area contributed by atoms with Crippen molar-refractivity contribution >= 4 is 28.9 Å². The number of rotatable bonds is 6. The van der Waals surface area contributed by atoms with Crippen LogP contribution < -0.4 is 15.4 Å². The number of carbonyl (C=O) groups is 1. The Balaban J connectivity index is 1.48. The van der Waals surface area contributed by atoms with Gasteiger partial charge in [0.25, 0.3) is 0 Å². The van der Waals surface area contributed by atoms with E-state index in [9.17, 15) is 4.79 Å². The van der Waals surface area contributed by atoms with Crippen LogP contribution in [0.3, 0.4) is 0 Å². The number of para-hydroxylation sites is 1. The first-order chi connectivity index (χ1) is 13.1. The highest BCUT2D eigenvalue weighted by molar-refractivity contribution is 6.31. The Labute approximate surface area is 164 Å². The molecule has 0 bridgehead atoms. The average Bonchev–Trinajstić information content (AvgIpc) is 2.68. The summed E-state index contributed by atoms with van der Waals surface area (Å²) in [7, 11) is 1.46. The number of nitrogens with zero attached hydrogens (tertiary/aromatic N) is 2. The van der Waals surface area contributed by atoms with Gasteiger partial charge in [0, 0.05) is 43.4 Å². The molecule has 144 valence electrons. The van der Waals surface area contributed by atoms with Gasteiger partial charge in [0.2, 0.25) is 0 Å². The number of ether oxygens (including phenoxy) is 2. The molecule has 0 aliphatic carbocycles. The quantitative estimate of drug-likeness (QED) is 0.605. The number of carbonyl (C=O) groups excluding carboxylic acids is 1. The fourth-order valence-corrected chi connectivity index (χ4v) is 3.43. The molecule has 27 heavy (non-hydrogen) atoms. The molecule has 1 heterocycles. The molecule has 1 saturated heterocycles. The van der Waals surface area contributed by atoms with Crippen molar-refractivity contribution in [1.29, 1.82) is 0 Å². The van der Waals surface area contributed by atoms with Crippen molar-refractivity contribution in [3.8, 4) is 5.75 Å².